The minimum absolute atomic E-state index is 0.261. The van der Waals surface area contributed by atoms with Crippen LogP contribution in [-0.4, -0.2) is 32.3 Å². The van der Waals surface area contributed by atoms with Gasteiger partial charge in [0.15, 0.2) is 0 Å². The van der Waals surface area contributed by atoms with E-state index < -0.39 is 0 Å². The molecule has 4 rings (SSSR count). The molecule has 0 spiro atoms. The van der Waals surface area contributed by atoms with Gasteiger partial charge in [-0.25, -0.2) is 9.97 Å². The summed E-state index contributed by atoms with van der Waals surface area (Å²) in [6, 6.07) is 8.97. The number of hydrogen-bond acceptors (Lipinski definition) is 8. The molecule has 0 aromatic carbocycles. The summed E-state index contributed by atoms with van der Waals surface area (Å²) in [5.41, 5.74) is 2.51. The maximum atomic E-state index is 5.69. The molecule has 0 N–H and O–H groups in total. The summed E-state index contributed by atoms with van der Waals surface area (Å²) < 4.78 is 16.3. The fraction of sp³-hybridized carbons (Fsp3) is 0.118. The average molecular weight is 335 g/mol. The van der Waals surface area contributed by atoms with Crippen molar-refractivity contribution in [2.45, 2.75) is 6.61 Å². The van der Waals surface area contributed by atoms with E-state index in [4.69, 9.17) is 13.9 Å². The van der Waals surface area contributed by atoms with Gasteiger partial charge in [0.25, 0.3) is 0 Å². The number of pyridine rings is 2. The lowest BCUT2D eigenvalue weighted by Crippen LogP contribution is -2.00. The van der Waals surface area contributed by atoms with Crippen LogP contribution in [0.25, 0.3) is 22.7 Å². The highest BCUT2D eigenvalue weighted by molar-refractivity contribution is 5.73. The first-order chi connectivity index (χ1) is 12.3. The highest BCUT2D eigenvalue weighted by Gasteiger charge is 2.10. The van der Waals surface area contributed by atoms with Gasteiger partial charge in [0.05, 0.1) is 18.9 Å². The molecule has 124 valence electrons. The van der Waals surface area contributed by atoms with Gasteiger partial charge in [-0.1, -0.05) is 0 Å². The van der Waals surface area contributed by atoms with Gasteiger partial charge in [-0.05, 0) is 18.2 Å². The molecule has 4 aromatic rings. The number of hydrogen-bond donors (Lipinski definition) is 0. The largest absolute Gasteiger partial charge is 0.486 e. The van der Waals surface area contributed by atoms with Crippen LogP contribution in [0.15, 0.2) is 53.3 Å². The zero-order valence-electron chi connectivity index (χ0n) is 13.3. The smallest absolute Gasteiger partial charge is 0.247 e. The van der Waals surface area contributed by atoms with Gasteiger partial charge in [0.2, 0.25) is 17.5 Å². The molecular weight excluding hydrogens is 322 g/mol. The molecular formula is C17H13N5O3. The van der Waals surface area contributed by atoms with Gasteiger partial charge in [-0.3, -0.25) is 4.98 Å². The number of methoxy groups -OCH3 is 1. The molecule has 0 atom stereocenters. The summed E-state index contributed by atoms with van der Waals surface area (Å²) in [4.78, 5) is 12.7. The highest BCUT2D eigenvalue weighted by atomic mass is 16.5. The van der Waals surface area contributed by atoms with Crippen molar-refractivity contribution in [2.24, 2.45) is 0 Å². The predicted molar refractivity (Wildman–Crippen MR) is 88.0 cm³/mol. The Morgan fingerprint density at radius 1 is 1.12 bits per heavy atom. The fourth-order valence-corrected chi connectivity index (χ4v) is 2.19. The number of oxazole rings is 1. The predicted octanol–water partition coefficient (Wildman–Crippen LogP) is 2.66. The Morgan fingerprint density at radius 3 is 2.84 bits per heavy atom. The summed E-state index contributed by atoms with van der Waals surface area (Å²) in [5.74, 6) is 1.49. The van der Waals surface area contributed by atoms with Crippen LogP contribution < -0.4 is 9.47 Å². The summed E-state index contributed by atoms with van der Waals surface area (Å²) in [6.45, 7) is 0.261. The van der Waals surface area contributed by atoms with Crippen LogP contribution in [0.2, 0.25) is 0 Å². The van der Waals surface area contributed by atoms with Crippen molar-refractivity contribution in [3.05, 3.63) is 54.6 Å². The van der Waals surface area contributed by atoms with Crippen molar-refractivity contribution < 1.29 is 13.9 Å². The topological polar surface area (TPSA) is 96.1 Å². The second kappa shape index (κ2) is 6.52. The van der Waals surface area contributed by atoms with Crippen LogP contribution in [0.1, 0.15) is 5.69 Å². The third kappa shape index (κ3) is 3.23. The Hall–Kier alpha value is -3.55. The first-order valence-electron chi connectivity index (χ1n) is 7.48. The van der Waals surface area contributed by atoms with Gasteiger partial charge in [0, 0.05) is 24.5 Å². The first kappa shape index (κ1) is 15.0. The van der Waals surface area contributed by atoms with Crippen molar-refractivity contribution in [3.8, 4) is 23.1 Å². The first-order valence-corrected chi connectivity index (χ1v) is 7.48. The van der Waals surface area contributed by atoms with E-state index in [2.05, 4.69) is 25.1 Å². The second-order valence-corrected chi connectivity index (χ2v) is 5.11. The lowest BCUT2D eigenvalue weighted by atomic mass is 10.3. The average Bonchev–Trinajstić information content (AvgIpc) is 3.11. The normalized spacial score (nSPS) is 10.8. The molecule has 8 nitrogen and oxygen atoms in total. The molecule has 0 amide bonds. The van der Waals surface area contributed by atoms with E-state index in [1.165, 1.54) is 0 Å². The molecule has 0 unspecified atom stereocenters. The minimum atomic E-state index is 0.261. The van der Waals surface area contributed by atoms with Crippen LogP contribution in [0.4, 0.5) is 0 Å². The molecule has 0 aliphatic heterocycles. The monoisotopic (exact) mass is 335 g/mol. The Bertz CT molecular complexity index is 986. The molecule has 0 radical (unpaired) electrons. The van der Waals surface area contributed by atoms with Crippen molar-refractivity contribution >= 4 is 11.2 Å². The van der Waals surface area contributed by atoms with Gasteiger partial charge in [0.1, 0.15) is 23.6 Å². The van der Waals surface area contributed by atoms with Crippen LogP contribution in [0, 0.1) is 0 Å². The van der Waals surface area contributed by atoms with Crippen molar-refractivity contribution in [2.75, 3.05) is 7.11 Å². The Kier molecular flexibility index (Phi) is 3.91. The lowest BCUT2D eigenvalue weighted by molar-refractivity contribution is 0.297. The van der Waals surface area contributed by atoms with Gasteiger partial charge >= 0.3 is 0 Å². The van der Waals surface area contributed by atoms with E-state index in [1.54, 1.807) is 43.9 Å². The van der Waals surface area contributed by atoms with Gasteiger partial charge in [-0.2, -0.15) is 0 Å². The zero-order valence-corrected chi connectivity index (χ0v) is 13.3. The SMILES string of the molecule is COc1ccc(COc2cnc3oc(-c4cccnc4)nc3c2)nn1. The summed E-state index contributed by atoms with van der Waals surface area (Å²) >= 11 is 0. The second-order valence-electron chi connectivity index (χ2n) is 5.11. The molecule has 0 aliphatic carbocycles. The molecule has 0 saturated carbocycles. The van der Waals surface area contributed by atoms with E-state index in [1.807, 2.05) is 12.1 Å². The van der Waals surface area contributed by atoms with E-state index in [0.717, 1.165) is 5.56 Å². The van der Waals surface area contributed by atoms with E-state index in [-0.39, 0.29) is 6.61 Å². The Balaban J connectivity index is 1.52. The number of ether oxygens (including phenoxy) is 2. The van der Waals surface area contributed by atoms with Crippen LogP contribution in [0.5, 0.6) is 11.6 Å². The van der Waals surface area contributed by atoms with Crippen molar-refractivity contribution in [3.63, 3.8) is 0 Å². The van der Waals surface area contributed by atoms with E-state index in [9.17, 15) is 0 Å². The Morgan fingerprint density at radius 2 is 2.08 bits per heavy atom. The van der Waals surface area contributed by atoms with Crippen LogP contribution in [0.3, 0.4) is 0 Å². The summed E-state index contributed by atoms with van der Waals surface area (Å²) in [7, 11) is 1.54. The van der Waals surface area contributed by atoms with E-state index >= 15 is 0 Å². The standard InChI is InChI=1S/C17H13N5O3/c1-23-15-5-4-12(21-22-15)10-24-13-7-14-17(19-9-13)25-16(20-14)11-3-2-6-18-8-11/h2-9H,10H2,1H3. The quantitative estimate of drug-likeness (QED) is 0.549. The highest BCUT2D eigenvalue weighted by Crippen LogP contribution is 2.25. The van der Waals surface area contributed by atoms with Crippen LogP contribution >= 0.6 is 0 Å². The zero-order chi connectivity index (χ0) is 17.1. The van der Waals surface area contributed by atoms with Crippen molar-refractivity contribution in [1.29, 1.82) is 0 Å². The minimum Gasteiger partial charge on any atom is -0.486 e. The Labute approximate surface area is 142 Å². The molecule has 4 aromatic heterocycles. The molecule has 25 heavy (non-hydrogen) atoms. The maximum Gasteiger partial charge on any atom is 0.247 e. The fourth-order valence-electron chi connectivity index (χ4n) is 2.19. The third-order valence-corrected chi connectivity index (χ3v) is 3.42. The maximum absolute atomic E-state index is 5.69. The van der Waals surface area contributed by atoms with Crippen LogP contribution in [-0.2, 0) is 6.61 Å². The number of aromatic nitrogens is 5. The van der Waals surface area contributed by atoms with E-state index in [0.29, 0.717) is 34.4 Å². The lowest BCUT2D eigenvalue weighted by Gasteiger charge is -2.04. The van der Waals surface area contributed by atoms with Gasteiger partial charge < -0.3 is 13.9 Å². The molecule has 4 heterocycles. The molecule has 0 aliphatic rings. The summed E-state index contributed by atoms with van der Waals surface area (Å²) in [6.07, 6.45) is 4.96. The number of nitrogens with zero attached hydrogens (tertiary/aromatic N) is 5. The van der Waals surface area contributed by atoms with Crippen molar-refractivity contribution in [1.82, 2.24) is 25.1 Å². The number of rotatable bonds is 5. The summed E-state index contributed by atoms with van der Waals surface area (Å²) in [5, 5.41) is 7.90. The molecule has 0 fully saturated rings. The number of fused-ring (bicyclic) bond motifs is 1. The molecule has 8 heteroatoms. The van der Waals surface area contributed by atoms with Gasteiger partial charge in [-0.15, -0.1) is 10.2 Å². The molecule has 0 bridgehead atoms. The third-order valence-electron chi connectivity index (χ3n) is 3.42. The molecule has 0 saturated heterocycles.